The number of carbonyl (C=O) groups excluding carboxylic acids is 3. The molecule has 7 heteroatoms. The first-order chi connectivity index (χ1) is 11.4. The first kappa shape index (κ1) is 19.9. The number of amides is 1. The Balaban J connectivity index is 2.83. The SMILES string of the molecule is CC/C=C/C(=O)OCC(=O)Nc1sc(C)c(CC)c1C(=O)OCC. The van der Waals surface area contributed by atoms with Crippen molar-refractivity contribution in [1.29, 1.82) is 0 Å². The normalized spacial score (nSPS) is 10.7. The first-order valence-electron chi connectivity index (χ1n) is 7.86. The molecule has 0 radical (unpaired) electrons. The smallest absolute Gasteiger partial charge is 0.341 e. The van der Waals surface area contributed by atoms with Gasteiger partial charge in [0.15, 0.2) is 6.61 Å². The summed E-state index contributed by atoms with van der Waals surface area (Å²) in [6, 6.07) is 0. The van der Waals surface area contributed by atoms with Gasteiger partial charge in [0.05, 0.1) is 12.2 Å². The van der Waals surface area contributed by atoms with Crippen LogP contribution in [0.15, 0.2) is 12.2 Å². The van der Waals surface area contributed by atoms with Crippen LogP contribution in [0, 0.1) is 6.92 Å². The van der Waals surface area contributed by atoms with Crippen LogP contribution in [0.4, 0.5) is 5.00 Å². The lowest BCUT2D eigenvalue weighted by molar-refractivity contribution is -0.142. The van der Waals surface area contributed by atoms with Gasteiger partial charge in [0.25, 0.3) is 5.91 Å². The lowest BCUT2D eigenvalue weighted by Gasteiger charge is -2.08. The average molecular weight is 353 g/mol. The highest BCUT2D eigenvalue weighted by Gasteiger charge is 2.23. The molecule has 0 saturated heterocycles. The molecule has 1 aromatic rings. The monoisotopic (exact) mass is 353 g/mol. The zero-order valence-corrected chi connectivity index (χ0v) is 15.2. The summed E-state index contributed by atoms with van der Waals surface area (Å²) in [7, 11) is 0. The molecule has 0 saturated carbocycles. The second-order valence-electron chi connectivity index (χ2n) is 4.88. The summed E-state index contributed by atoms with van der Waals surface area (Å²) >= 11 is 1.31. The third-order valence-electron chi connectivity index (χ3n) is 3.13. The summed E-state index contributed by atoms with van der Waals surface area (Å²) < 4.78 is 9.91. The number of carbonyl (C=O) groups is 3. The highest BCUT2D eigenvalue weighted by atomic mass is 32.1. The second-order valence-corrected chi connectivity index (χ2v) is 6.11. The Morgan fingerprint density at radius 3 is 2.46 bits per heavy atom. The Hall–Kier alpha value is -2.15. The Labute approximate surface area is 145 Å². The first-order valence-corrected chi connectivity index (χ1v) is 8.68. The Morgan fingerprint density at radius 2 is 1.88 bits per heavy atom. The predicted molar refractivity (Wildman–Crippen MR) is 93.4 cm³/mol. The Morgan fingerprint density at radius 1 is 1.17 bits per heavy atom. The van der Waals surface area contributed by atoms with Crippen LogP contribution in [0.2, 0.25) is 0 Å². The van der Waals surface area contributed by atoms with Gasteiger partial charge in [-0.15, -0.1) is 11.3 Å². The number of anilines is 1. The maximum Gasteiger partial charge on any atom is 0.341 e. The van der Waals surface area contributed by atoms with E-state index < -0.39 is 24.5 Å². The number of allylic oxidation sites excluding steroid dienone is 1. The van der Waals surface area contributed by atoms with Crippen LogP contribution >= 0.6 is 11.3 Å². The predicted octanol–water partition coefficient (Wildman–Crippen LogP) is 3.24. The molecule has 24 heavy (non-hydrogen) atoms. The molecule has 6 nitrogen and oxygen atoms in total. The highest BCUT2D eigenvalue weighted by Crippen LogP contribution is 2.34. The molecule has 0 bridgehead atoms. The summed E-state index contributed by atoms with van der Waals surface area (Å²) in [5, 5.41) is 3.06. The topological polar surface area (TPSA) is 81.7 Å². The second kappa shape index (κ2) is 9.87. The van der Waals surface area contributed by atoms with E-state index in [9.17, 15) is 14.4 Å². The summed E-state index contributed by atoms with van der Waals surface area (Å²) in [5.41, 5.74) is 1.24. The van der Waals surface area contributed by atoms with Gasteiger partial charge in [0.1, 0.15) is 5.00 Å². The fourth-order valence-electron chi connectivity index (χ4n) is 2.07. The summed E-state index contributed by atoms with van der Waals surface area (Å²) in [5.74, 6) is -1.53. The lowest BCUT2D eigenvalue weighted by atomic mass is 10.1. The van der Waals surface area contributed by atoms with Crippen molar-refractivity contribution >= 4 is 34.2 Å². The molecule has 0 spiro atoms. The molecule has 1 N–H and O–H groups in total. The van der Waals surface area contributed by atoms with E-state index in [0.29, 0.717) is 23.4 Å². The minimum absolute atomic E-state index is 0.256. The van der Waals surface area contributed by atoms with Crippen molar-refractivity contribution < 1.29 is 23.9 Å². The van der Waals surface area contributed by atoms with Crippen LogP contribution in [0.3, 0.4) is 0 Å². The fraction of sp³-hybridized carbons (Fsp3) is 0.471. The minimum Gasteiger partial charge on any atom is -0.462 e. The molecule has 0 fully saturated rings. The Bertz CT molecular complexity index is 633. The van der Waals surface area contributed by atoms with Crippen LogP contribution in [0.5, 0.6) is 0 Å². The van der Waals surface area contributed by atoms with Crippen molar-refractivity contribution in [1.82, 2.24) is 0 Å². The fourth-order valence-corrected chi connectivity index (χ4v) is 3.22. The van der Waals surface area contributed by atoms with Crippen molar-refractivity contribution in [2.75, 3.05) is 18.5 Å². The van der Waals surface area contributed by atoms with E-state index in [4.69, 9.17) is 9.47 Å². The van der Waals surface area contributed by atoms with Crippen molar-refractivity contribution in [3.8, 4) is 0 Å². The van der Waals surface area contributed by atoms with E-state index in [1.165, 1.54) is 17.4 Å². The molecule has 1 aromatic heterocycles. The zero-order chi connectivity index (χ0) is 18.1. The van der Waals surface area contributed by atoms with E-state index in [-0.39, 0.29) is 6.61 Å². The van der Waals surface area contributed by atoms with E-state index in [2.05, 4.69) is 5.32 Å². The van der Waals surface area contributed by atoms with E-state index in [1.807, 2.05) is 20.8 Å². The summed E-state index contributed by atoms with van der Waals surface area (Å²) in [4.78, 5) is 36.4. The zero-order valence-electron chi connectivity index (χ0n) is 14.4. The minimum atomic E-state index is -0.575. The number of nitrogens with one attached hydrogen (secondary N) is 1. The maximum absolute atomic E-state index is 12.2. The third kappa shape index (κ3) is 5.49. The maximum atomic E-state index is 12.2. The van der Waals surface area contributed by atoms with Crippen LogP contribution < -0.4 is 5.32 Å². The number of ether oxygens (including phenoxy) is 2. The molecule has 0 atom stereocenters. The van der Waals surface area contributed by atoms with E-state index in [1.54, 1.807) is 13.0 Å². The quantitative estimate of drug-likeness (QED) is 0.573. The summed E-state index contributed by atoms with van der Waals surface area (Å²) in [6.07, 6.45) is 4.29. The number of rotatable bonds is 8. The molecule has 1 amide bonds. The molecule has 0 unspecified atom stereocenters. The number of thiophene rings is 1. The summed E-state index contributed by atoms with van der Waals surface area (Å²) in [6.45, 7) is 7.28. The van der Waals surface area contributed by atoms with Crippen LogP contribution in [0.25, 0.3) is 0 Å². The molecule has 0 aliphatic carbocycles. The molecule has 0 aliphatic heterocycles. The largest absolute Gasteiger partial charge is 0.462 e. The van der Waals surface area contributed by atoms with Gasteiger partial charge in [-0.3, -0.25) is 4.79 Å². The molecular weight excluding hydrogens is 330 g/mol. The molecule has 1 rings (SSSR count). The van der Waals surface area contributed by atoms with Crippen LogP contribution in [0.1, 0.15) is 48.0 Å². The van der Waals surface area contributed by atoms with Gasteiger partial charge in [-0.25, -0.2) is 9.59 Å². The Kier molecular flexibility index (Phi) is 8.18. The van der Waals surface area contributed by atoms with Crippen molar-refractivity contribution in [2.24, 2.45) is 0 Å². The molecule has 0 aliphatic rings. The van der Waals surface area contributed by atoms with Crippen molar-refractivity contribution in [3.63, 3.8) is 0 Å². The standard InChI is InChI=1S/C17H23NO5S/c1-5-8-9-14(20)23-10-13(19)18-16-15(17(21)22-7-3)12(6-2)11(4)24-16/h8-9H,5-7,10H2,1-4H3,(H,18,19)/b9-8+. The highest BCUT2D eigenvalue weighted by molar-refractivity contribution is 7.16. The van der Waals surface area contributed by atoms with Gasteiger partial charge in [0, 0.05) is 11.0 Å². The van der Waals surface area contributed by atoms with Gasteiger partial charge in [-0.2, -0.15) is 0 Å². The van der Waals surface area contributed by atoms with Gasteiger partial charge in [-0.05, 0) is 32.3 Å². The number of hydrogen-bond acceptors (Lipinski definition) is 6. The van der Waals surface area contributed by atoms with Crippen molar-refractivity contribution in [2.45, 2.75) is 40.5 Å². The number of hydrogen-bond donors (Lipinski definition) is 1. The van der Waals surface area contributed by atoms with Gasteiger partial charge >= 0.3 is 11.9 Å². The number of esters is 2. The molecule has 1 heterocycles. The van der Waals surface area contributed by atoms with Crippen LogP contribution in [-0.4, -0.2) is 31.1 Å². The average Bonchev–Trinajstić information content (AvgIpc) is 2.86. The van der Waals surface area contributed by atoms with Gasteiger partial charge in [0.2, 0.25) is 0 Å². The molecular formula is C17H23NO5S. The van der Waals surface area contributed by atoms with E-state index in [0.717, 1.165) is 10.4 Å². The van der Waals surface area contributed by atoms with Gasteiger partial charge < -0.3 is 14.8 Å². The molecule has 132 valence electrons. The van der Waals surface area contributed by atoms with Gasteiger partial charge in [-0.1, -0.05) is 19.9 Å². The number of aryl methyl sites for hydroxylation is 1. The third-order valence-corrected chi connectivity index (χ3v) is 4.19. The molecule has 0 aromatic carbocycles. The van der Waals surface area contributed by atoms with Crippen molar-refractivity contribution in [3.05, 3.63) is 28.2 Å². The van der Waals surface area contributed by atoms with E-state index >= 15 is 0 Å². The lowest BCUT2D eigenvalue weighted by Crippen LogP contribution is -2.21. The van der Waals surface area contributed by atoms with Crippen LogP contribution in [-0.2, 0) is 25.5 Å².